The number of hydrogen-bond donors (Lipinski definition) is 1. The van der Waals surface area contributed by atoms with Gasteiger partial charge in [-0.3, -0.25) is 4.79 Å². The van der Waals surface area contributed by atoms with E-state index in [9.17, 15) is 18.0 Å². The van der Waals surface area contributed by atoms with Crippen LogP contribution in [0.25, 0.3) is 0 Å². The van der Waals surface area contributed by atoms with E-state index in [1.54, 1.807) is 6.92 Å². The van der Waals surface area contributed by atoms with Crippen LogP contribution in [-0.4, -0.2) is 24.4 Å². The number of aromatic nitrogens is 1. The summed E-state index contributed by atoms with van der Waals surface area (Å²) in [5.41, 5.74) is 6.15. The molecule has 0 atom stereocenters. The molecule has 0 aliphatic rings. The van der Waals surface area contributed by atoms with Gasteiger partial charge in [-0.05, 0) is 18.6 Å². The molecule has 0 unspecified atom stereocenters. The number of halogens is 3. The number of carbonyl (C=O) groups excluding carboxylic acids is 1. The number of carbonyl (C=O) groups is 1. The Hall–Kier alpha value is -1.83. The molecule has 0 bridgehead atoms. The van der Waals surface area contributed by atoms with Crippen LogP contribution >= 0.6 is 0 Å². The van der Waals surface area contributed by atoms with Gasteiger partial charge in [0.25, 0.3) is 0 Å². The summed E-state index contributed by atoms with van der Waals surface area (Å²) >= 11 is 0. The van der Waals surface area contributed by atoms with E-state index in [0.717, 1.165) is 0 Å². The van der Waals surface area contributed by atoms with Crippen LogP contribution in [0.4, 0.5) is 13.2 Å². The molecule has 0 aromatic carbocycles. The number of methoxy groups -OCH3 is 1. The van der Waals surface area contributed by atoms with Crippen molar-refractivity contribution in [3.8, 4) is 5.88 Å². The fourth-order valence-electron chi connectivity index (χ4n) is 1.42. The van der Waals surface area contributed by atoms with Crippen molar-refractivity contribution in [3.05, 3.63) is 22.9 Å². The third kappa shape index (κ3) is 4.40. The molecule has 0 saturated carbocycles. The van der Waals surface area contributed by atoms with E-state index in [1.165, 1.54) is 13.2 Å². The van der Waals surface area contributed by atoms with Crippen molar-refractivity contribution in [2.24, 2.45) is 5.73 Å². The molecule has 1 aromatic rings. The highest BCUT2D eigenvalue weighted by atomic mass is 19.4. The molecule has 2 N–H and O–H groups in total. The maximum Gasteiger partial charge on any atom is 0.574 e. The number of rotatable bonds is 4. The van der Waals surface area contributed by atoms with Gasteiger partial charge in [0.1, 0.15) is 0 Å². The standard InChI is InChI=1S/C11H13F3N2O3/c1-6-3-7(5-15)10(19-11(12,13)14)16-8(6)4-9(17)18-2/h3H,4-5,15H2,1-2H3. The van der Waals surface area contributed by atoms with Crippen LogP contribution in [0.5, 0.6) is 5.88 Å². The van der Waals surface area contributed by atoms with E-state index >= 15 is 0 Å². The zero-order chi connectivity index (χ0) is 14.6. The van der Waals surface area contributed by atoms with Gasteiger partial charge in [-0.1, -0.05) is 0 Å². The quantitative estimate of drug-likeness (QED) is 0.844. The summed E-state index contributed by atoms with van der Waals surface area (Å²) in [4.78, 5) is 14.8. The van der Waals surface area contributed by atoms with E-state index in [1.807, 2.05) is 0 Å². The largest absolute Gasteiger partial charge is 0.574 e. The van der Waals surface area contributed by atoms with Crippen LogP contribution in [0.3, 0.4) is 0 Å². The van der Waals surface area contributed by atoms with Crippen LogP contribution in [0.15, 0.2) is 6.07 Å². The van der Waals surface area contributed by atoms with E-state index in [-0.39, 0.29) is 24.2 Å². The molecular weight excluding hydrogens is 265 g/mol. The molecule has 0 saturated heterocycles. The zero-order valence-electron chi connectivity index (χ0n) is 10.4. The normalized spacial score (nSPS) is 11.3. The van der Waals surface area contributed by atoms with Crippen molar-refractivity contribution >= 4 is 5.97 Å². The van der Waals surface area contributed by atoms with Gasteiger partial charge >= 0.3 is 12.3 Å². The molecule has 106 valence electrons. The van der Waals surface area contributed by atoms with E-state index in [2.05, 4.69) is 14.5 Å². The predicted octanol–water partition coefficient (Wildman–Crippen LogP) is 1.46. The van der Waals surface area contributed by atoms with Crippen LogP contribution in [-0.2, 0) is 22.5 Å². The van der Waals surface area contributed by atoms with Gasteiger partial charge in [0.2, 0.25) is 5.88 Å². The number of aryl methyl sites for hydroxylation is 1. The highest BCUT2D eigenvalue weighted by molar-refractivity contribution is 5.72. The lowest BCUT2D eigenvalue weighted by molar-refractivity contribution is -0.276. The number of pyridine rings is 1. The summed E-state index contributed by atoms with van der Waals surface area (Å²) in [7, 11) is 1.18. The van der Waals surface area contributed by atoms with Gasteiger partial charge in [-0.25, -0.2) is 4.98 Å². The van der Waals surface area contributed by atoms with E-state index in [0.29, 0.717) is 5.56 Å². The van der Waals surface area contributed by atoms with Gasteiger partial charge in [0.15, 0.2) is 0 Å². The van der Waals surface area contributed by atoms with Gasteiger partial charge in [0, 0.05) is 12.1 Å². The fraction of sp³-hybridized carbons (Fsp3) is 0.455. The lowest BCUT2D eigenvalue weighted by Gasteiger charge is -2.14. The zero-order valence-corrected chi connectivity index (χ0v) is 10.4. The highest BCUT2D eigenvalue weighted by Crippen LogP contribution is 2.26. The number of esters is 1. The summed E-state index contributed by atoms with van der Waals surface area (Å²) in [5.74, 6) is -1.24. The Balaban J connectivity index is 3.14. The molecule has 1 rings (SSSR count). The topological polar surface area (TPSA) is 74.4 Å². The van der Waals surface area contributed by atoms with Crippen molar-refractivity contribution < 1.29 is 27.4 Å². The molecule has 0 aliphatic heterocycles. The first-order valence-corrected chi connectivity index (χ1v) is 5.29. The van der Waals surface area contributed by atoms with Gasteiger partial charge in [-0.2, -0.15) is 0 Å². The third-order valence-corrected chi connectivity index (χ3v) is 2.33. The average molecular weight is 278 g/mol. The molecular formula is C11H13F3N2O3. The molecule has 5 nitrogen and oxygen atoms in total. The minimum Gasteiger partial charge on any atom is -0.469 e. The first kappa shape index (κ1) is 15.2. The highest BCUT2D eigenvalue weighted by Gasteiger charge is 2.33. The molecule has 1 aromatic heterocycles. The van der Waals surface area contributed by atoms with Crippen molar-refractivity contribution in [3.63, 3.8) is 0 Å². The SMILES string of the molecule is COC(=O)Cc1nc(OC(F)(F)F)c(CN)cc1C. The second kappa shape index (κ2) is 5.87. The Kier molecular flexibility index (Phi) is 4.71. The number of ether oxygens (including phenoxy) is 2. The number of nitrogens with zero attached hydrogens (tertiary/aromatic N) is 1. The molecule has 0 fully saturated rings. The van der Waals surface area contributed by atoms with Crippen molar-refractivity contribution in [1.82, 2.24) is 4.98 Å². The summed E-state index contributed by atoms with van der Waals surface area (Å²) < 4.78 is 44.9. The Morgan fingerprint density at radius 3 is 2.58 bits per heavy atom. The van der Waals surface area contributed by atoms with Crippen LogP contribution in [0.2, 0.25) is 0 Å². The van der Waals surface area contributed by atoms with E-state index in [4.69, 9.17) is 5.73 Å². The number of alkyl halides is 3. The molecule has 8 heteroatoms. The first-order chi connectivity index (χ1) is 8.76. The fourth-order valence-corrected chi connectivity index (χ4v) is 1.42. The van der Waals surface area contributed by atoms with Crippen LogP contribution in [0.1, 0.15) is 16.8 Å². The molecule has 0 aliphatic carbocycles. The molecule has 0 spiro atoms. The molecule has 19 heavy (non-hydrogen) atoms. The molecule has 0 radical (unpaired) electrons. The van der Waals surface area contributed by atoms with Gasteiger partial charge < -0.3 is 15.2 Å². The predicted molar refractivity (Wildman–Crippen MR) is 59.3 cm³/mol. The Labute approximate surface area is 107 Å². The monoisotopic (exact) mass is 278 g/mol. The summed E-state index contributed by atoms with van der Waals surface area (Å²) in [5, 5.41) is 0. The smallest absolute Gasteiger partial charge is 0.469 e. The Morgan fingerprint density at radius 2 is 2.11 bits per heavy atom. The minimum atomic E-state index is -4.87. The van der Waals surface area contributed by atoms with Gasteiger partial charge in [-0.15, -0.1) is 13.2 Å². The number of hydrogen-bond acceptors (Lipinski definition) is 5. The Bertz CT molecular complexity index is 475. The summed E-state index contributed by atoms with van der Waals surface area (Å²) in [6.45, 7) is 1.46. The summed E-state index contributed by atoms with van der Waals surface area (Å²) in [6, 6.07) is 1.41. The van der Waals surface area contributed by atoms with Crippen molar-refractivity contribution in [1.29, 1.82) is 0 Å². The van der Waals surface area contributed by atoms with Crippen molar-refractivity contribution in [2.45, 2.75) is 26.3 Å². The van der Waals surface area contributed by atoms with Gasteiger partial charge in [0.05, 0.1) is 19.2 Å². The molecule has 0 amide bonds. The maximum absolute atomic E-state index is 12.2. The average Bonchev–Trinajstić information content (AvgIpc) is 2.30. The van der Waals surface area contributed by atoms with Crippen LogP contribution in [0, 0.1) is 6.92 Å². The lowest BCUT2D eigenvalue weighted by atomic mass is 10.1. The van der Waals surface area contributed by atoms with Crippen molar-refractivity contribution in [2.75, 3.05) is 7.11 Å². The maximum atomic E-state index is 12.2. The van der Waals surface area contributed by atoms with E-state index < -0.39 is 18.2 Å². The number of nitrogens with two attached hydrogens (primary N) is 1. The lowest BCUT2D eigenvalue weighted by Crippen LogP contribution is -2.21. The minimum absolute atomic E-state index is 0.114. The Morgan fingerprint density at radius 1 is 1.47 bits per heavy atom. The second-order valence-electron chi connectivity index (χ2n) is 3.72. The molecule has 1 heterocycles. The summed E-state index contributed by atoms with van der Waals surface area (Å²) in [6.07, 6.45) is -5.10. The third-order valence-electron chi connectivity index (χ3n) is 2.33. The van der Waals surface area contributed by atoms with Crippen LogP contribution < -0.4 is 10.5 Å². The second-order valence-corrected chi connectivity index (χ2v) is 3.72. The first-order valence-electron chi connectivity index (χ1n) is 5.29.